The van der Waals surface area contributed by atoms with E-state index in [4.69, 9.17) is 9.29 Å². The average Bonchev–Trinajstić information content (AvgIpc) is 2.35. The highest BCUT2D eigenvalue weighted by atomic mass is 32.2. The summed E-state index contributed by atoms with van der Waals surface area (Å²) in [6.45, 7) is 10.5. The van der Waals surface area contributed by atoms with Crippen molar-refractivity contribution in [1.82, 2.24) is 0 Å². The van der Waals surface area contributed by atoms with Gasteiger partial charge >= 0.3 is 5.97 Å². The number of ether oxygens (including phenoxy) is 1. The van der Waals surface area contributed by atoms with Gasteiger partial charge in [-0.3, -0.25) is 4.55 Å². The van der Waals surface area contributed by atoms with Gasteiger partial charge in [0, 0.05) is 12.5 Å². The molecule has 0 atom stereocenters. The van der Waals surface area contributed by atoms with Crippen molar-refractivity contribution in [1.29, 1.82) is 0 Å². The van der Waals surface area contributed by atoms with Crippen molar-refractivity contribution >= 4 is 16.1 Å². The lowest BCUT2D eigenvalue weighted by molar-refractivity contribution is -0.925. The molecular weight excluding hydrogens is 270 g/mol. The number of carbonyl (C=O) groups excluding carboxylic acids is 1. The van der Waals surface area contributed by atoms with E-state index < -0.39 is 16.1 Å². The maximum atomic E-state index is 11.0. The summed E-state index contributed by atoms with van der Waals surface area (Å²) in [5.41, 5.74) is 0. The standard InChI is InChI=1S/C12H23NO5S/c1-4-12(14)18-10-9-13(5-2,6-3)8-7-11-19(15,16)17/h4H,1,5-11H2,2-3H3/p+1. The quantitative estimate of drug-likeness (QED) is 0.280. The largest absolute Gasteiger partial charge is 0.457 e. The molecule has 0 aromatic carbocycles. The molecule has 0 aromatic heterocycles. The first-order chi connectivity index (χ1) is 8.78. The fourth-order valence-corrected chi connectivity index (χ4v) is 2.44. The van der Waals surface area contributed by atoms with Gasteiger partial charge in [0.1, 0.15) is 13.2 Å². The molecule has 0 amide bonds. The molecule has 0 fully saturated rings. The van der Waals surface area contributed by atoms with Gasteiger partial charge in [0.25, 0.3) is 10.1 Å². The topological polar surface area (TPSA) is 80.7 Å². The number of nitrogens with zero attached hydrogens (tertiary/aromatic N) is 1. The Labute approximate surface area is 115 Å². The van der Waals surface area contributed by atoms with E-state index >= 15 is 0 Å². The smallest absolute Gasteiger partial charge is 0.330 e. The van der Waals surface area contributed by atoms with Gasteiger partial charge in [-0.2, -0.15) is 8.42 Å². The van der Waals surface area contributed by atoms with Crippen LogP contribution in [0, 0.1) is 0 Å². The predicted octanol–water partition coefficient (Wildman–Crippen LogP) is 0.850. The third-order valence-electron chi connectivity index (χ3n) is 3.35. The lowest BCUT2D eigenvalue weighted by atomic mass is 10.3. The molecule has 6 nitrogen and oxygen atoms in total. The van der Waals surface area contributed by atoms with E-state index in [1.54, 1.807) is 0 Å². The lowest BCUT2D eigenvalue weighted by Gasteiger charge is -2.36. The van der Waals surface area contributed by atoms with Gasteiger partial charge < -0.3 is 9.22 Å². The summed E-state index contributed by atoms with van der Waals surface area (Å²) in [7, 11) is -3.91. The third-order valence-corrected chi connectivity index (χ3v) is 4.16. The Hall–Kier alpha value is -0.920. The van der Waals surface area contributed by atoms with E-state index in [-0.39, 0.29) is 12.4 Å². The highest BCUT2D eigenvalue weighted by Gasteiger charge is 2.24. The molecule has 0 aliphatic heterocycles. The Morgan fingerprint density at radius 3 is 2.32 bits per heavy atom. The van der Waals surface area contributed by atoms with Gasteiger partial charge in [-0.05, 0) is 13.8 Å². The second-order valence-electron chi connectivity index (χ2n) is 4.43. The van der Waals surface area contributed by atoms with Crippen molar-refractivity contribution in [3.63, 3.8) is 0 Å². The average molecular weight is 294 g/mol. The van der Waals surface area contributed by atoms with Crippen LogP contribution in [0.4, 0.5) is 0 Å². The molecule has 0 spiro atoms. The zero-order valence-electron chi connectivity index (χ0n) is 11.7. The summed E-state index contributed by atoms with van der Waals surface area (Å²) in [6, 6.07) is 0. The molecule has 0 saturated carbocycles. The zero-order chi connectivity index (χ0) is 14.9. The predicted molar refractivity (Wildman–Crippen MR) is 73.3 cm³/mol. The van der Waals surface area contributed by atoms with Crippen molar-refractivity contribution in [3.05, 3.63) is 12.7 Å². The Morgan fingerprint density at radius 2 is 1.89 bits per heavy atom. The van der Waals surface area contributed by atoms with Gasteiger partial charge in [0.05, 0.1) is 25.4 Å². The van der Waals surface area contributed by atoms with Gasteiger partial charge in [0.2, 0.25) is 0 Å². The minimum atomic E-state index is -3.91. The van der Waals surface area contributed by atoms with E-state index in [2.05, 4.69) is 6.58 Å². The fraction of sp³-hybridized carbons (Fsp3) is 0.750. The Kier molecular flexibility index (Phi) is 7.89. The first-order valence-corrected chi connectivity index (χ1v) is 7.99. The summed E-state index contributed by atoms with van der Waals surface area (Å²) in [5.74, 6) is -0.692. The zero-order valence-corrected chi connectivity index (χ0v) is 12.5. The van der Waals surface area contributed by atoms with Crippen molar-refractivity contribution in [2.24, 2.45) is 0 Å². The van der Waals surface area contributed by atoms with E-state index in [1.165, 1.54) is 0 Å². The van der Waals surface area contributed by atoms with Gasteiger partial charge in [-0.1, -0.05) is 6.58 Å². The summed E-state index contributed by atoms with van der Waals surface area (Å²) in [4.78, 5) is 11.0. The van der Waals surface area contributed by atoms with E-state index in [9.17, 15) is 13.2 Å². The molecule has 0 bridgehead atoms. The first-order valence-electron chi connectivity index (χ1n) is 6.38. The van der Waals surface area contributed by atoms with Crippen molar-refractivity contribution in [2.75, 3.05) is 38.5 Å². The minimum Gasteiger partial charge on any atom is -0.457 e. The molecule has 1 N–H and O–H groups in total. The van der Waals surface area contributed by atoms with Crippen LogP contribution < -0.4 is 0 Å². The Morgan fingerprint density at radius 1 is 1.32 bits per heavy atom. The molecule has 0 heterocycles. The molecule has 7 heteroatoms. The highest BCUT2D eigenvalue weighted by Crippen LogP contribution is 2.08. The Balaban J connectivity index is 4.33. The SMILES string of the molecule is C=CC(=O)OCC[N+](CC)(CC)CCCS(=O)(=O)O. The molecule has 0 aromatic rings. The number of rotatable bonds is 10. The maximum absolute atomic E-state index is 11.0. The summed E-state index contributed by atoms with van der Waals surface area (Å²) >= 11 is 0. The molecule has 112 valence electrons. The van der Waals surface area contributed by atoms with Crippen LogP contribution in [0.1, 0.15) is 20.3 Å². The van der Waals surface area contributed by atoms with E-state index in [0.717, 1.165) is 19.2 Å². The van der Waals surface area contributed by atoms with Gasteiger partial charge in [-0.25, -0.2) is 4.79 Å². The first kappa shape index (κ1) is 18.1. The highest BCUT2D eigenvalue weighted by molar-refractivity contribution is 7.85. The van der Waals surface area contributed by atoms with Crippen LogP contribution in [-0.4, -0.2) is 62.0 Å². The van der Waals surface area contributed by atoms with Crippen LogP contribution in [0.5, 0.6) is 0 Å². The van der Waals surface area contributed by atoms with Crippen molar-refractivity contribution in [2.45, 2.75) is 20.3 Å². The fourth-order valence-electron chi connectivity index (χ4n) is 1.95. The normalized spacial score (nSPS) is 12.2. The van der Waals surface area contributed by atoms with Crippen molar-refractivity contribution < 1.29 is 27.0 Å². The number of esters is 1. The van der Waals surface area contributed by atoms with Gasteiger partial charge in [0.15, 0.2) is 0 Å². The van der Waals surface area contributed by atoms with Crippen LogP contribution in [-0.2, 0) is 19.6 Å². The maximum Gasteiger partial charge on any atom is 0.330 e. The van der Waals surface area contributed by atoms with E-state index in [0.29, 0.717) is 24.0 Å². The second-order valence-corrected chi connectivity index (χ2v) is 6.00. The van der Waals surface area contributed by atoms with Crippen molar-refractivity contribution in [3.8, 4) is 0 Å². The number of likely N-dealkylation sites (N-methyl/N-ethyl adjacent to an activating group) is 1. The molecule has 0 aliphatic carbocycles. The molecule has 0 unspecified atom stereocenters. The van der Waals surface area contributed by atoms with Crippen LogP contribution in [0.2, 0.25) is 0 Å². The van der Waals surface area contributed by atoms with Crippen LogP contribution in [0.3, 0.4) is 0 Å². The van der Waals surface area contributed by atoms with E-state index in [1.807, 2.05) is 13.8 Å². The molecule has 0 aliphatic rings. The minimum absolute atomic E-state index is 0.237. The number of hydrogen-bond donors (Lipinski definition) is 1. The third kappa shape index (κ3) is 7.97. The number of quaternary nitrogens is 1. The van der Waals surface area contributed by atoms with Crippen LogP contribution >= 0.6 is 0 Å². The monoisotopic (exact) mass is 294 g/mol. The Bertz CT molecular complexity index is 387. The lowest BCUT2D eigenvalue weighted by Crippen LogP contribution is -2.50. The molecule has 0 rings (SSSR count). The summed E-state index contributed by atoms with van der Waals surface area (Å²) < 4.78 is 35.7. The second kappa shape index (κ2) is 8.29. The number of carbonyl (C=O) groups is 1. The summed E-state index contributed by atoms with van der Waals surface area (Å²) in [5, 5.41) is 0. The van der Waals surface area contributed by atoms with Crippen LogP contribution in [0.15, 0.2) is 12.7 Å². The molecule has 0 saturated heterocycles. The molecule has 0 radical (unpaired) electrons. The van der Waals surface area contributed by atoms with Crippen LogP contribution in [0.25, 0.3) is 0 Å². The summed E-state index contributed by atoms with van der Waals surface area (Å²) in [6.07, 6.45) is 1.50. The number of hydrogen-bond acceptors (Lipinski definition) is 4. The molecular formula is C12H24NO5S+. The van der Waals surface area contributed by atoms with Gasteiger partial charge in [-0.15, -0.1) is 0 Å². The molecule has 19 heavy (non-hydrogen) atoms.